The first kappa shape index (κ1) is 15.4. The van der Waals surface area contributed by atoms with Crippen LogP contribution >= 0.6 is 0 Å². The van der Waals surface area contributed by atoms with Crippen molar-refractivity contribution < 1.29 is 8.42 Å². The summed E-state index contributed by atoms with van der Waals surface area (Å²) in [5, 5.41) is 3.25. The van der Waals surface area contributed by atoms with Crippen LogP contribution in [-0.2, 0) is 16.6 Å². The van der Waals surface area contributed by atoms with Crippen molar-refractivity contribution in [2.75, 3.05) is 16.3 Å². The van der Waals surface area contributed by atoms with Gasteiger partial charge >= 0.3 is 0 Å². The molecule has 7 heteroatoms. The van der Waals surface area contributed by atoms with E-state index in [-0.39, 0.29) is 0 Å². The number of anilines is 2. The normalized spacial score (nSPS) is 11.6. The molecule has 0 spiro atoms. The molecule has 0 fully saturated rings. The van der Waals surface area contributed by atoms with E-state index in [2.05, 4.69) is 33.4 Å². The van der Waals surface area contributed by atoms with Crippen LogP contribution in [0.1, 0.15) is 25.6 Å². The van der Waals surface area contributed by atoms with Crippen LogP contribution in [0.5, 0.6) is 0 Å². The molecule has 0 saturated carbocycles. The van der Waals surface area contributed by atoms with E-state index in [0.717, 1.165) is 17.6 Å². The molecule has 114 valence electrons. The van der Waals surface area contributed by atoms with Gasteiger partial charge in [-0.2, -0.15) is 0 Å². The fourth-order valence-corrected chi connectivity index (χ4v) is 2.62. The minimum absolute atomic E-state index is 0.327. The zero-order valence-electron chi connectivity index (χ0n) is 12.4. The Morgan fingerprint density at radius 3 is 2.52 bits per heavy atom. The van der Waals surface area contributed by atoms with Gasteiger partial charge in [0.2, 0.25) is 10.0 Å². The van der Waals surface area contributed by atoms with Crippen molar-refractivity contribution in [3.63, 3.8) is 0 Å². The number of nitrogens with zero attached hydrogens (tertiary/aromatic N) is 2. The smallest absolute Gasteiger partial charge is 0.229 e. The van der Waals surface area contributed by atoms with Gasteiger partial charge < -0.3 is 9.88 Å². The maximum absolute atomic E-state index is 11.4. The monoisotopic (exact) mass is 308 g/mol. The van der Waals surface area contributed by atoms with Gasteiger partial charge in [-0.15, -0.1) is 0 Å². The third-order valence-corrected chi connectivity index (χ3v) is 3.58. The molecular weight excluding hydrogens is 288 g/mol. The molecule has 2 N–H and O–H groups in total. The molecule has 0 atom stereocenters. The topological polar surface area (TPSA) is 76.0 Å². The Hall–Kier alpha value is -2.02. The van der Waals surface area contributed by atoms with Crippen molar-refractivity contribution in [2.24, 2.45) is 0 Å². The quantitative estimate of drug-likeness (QED) is 0.859. The molecule has 0 aliphatic heterocycles. The van der Waals surface area contributed by atoms with Crippen LogP contribution in [0.25, 0.3) is 0 Å². The van der Waals surface area contributed by atoms with Crippen LogP contribution in [-0.4, -0.2) is 24.2 Å². The largest absolute Gasteiger partial charge is 0.378 e. The van der Waals surface area contributed by atoms with Crippen molar-refractivity contribution in [3.05, 3.63) is 42.5 Å². The van der Waals surface area contributed by atoms with Gasteiger partial charge in [-0.3, -0.25) is 4.72 Å². The van der Waals surface area contributed by atoms with E-state index in [4.69, 9.17) is 0 Å². The van der Waals surface area contributed by atoms with E-state index in [9.17, 15) is 8.42 Å². The average molecular weight is 308 g/mol. The molecule has 2 aromatic rings. The standard InChI is InChI=1S/C14H20N4O2S/c1-11(2)18-10-15-8-12(18)9-16-13-6-4-5-7-14(13)17-21(3,19)20/h4-8,10-11,16-17H,9H2,1-3H3. The van der Waals surface area contributed by atoms with Gasteiger partial charge in [0.05, 0.1) is 36.2 Å². The fourth-order valence-electron chi connectivity index (χ4n) is 2.05. The molecule has 1 aromatic carbocycles. The van der Waals surface area contributed by atoms with E-state index in [1.54, 1.807) is 24.7 Å². The molecule has 0 saturated heterocycles. The summed E-state index contributed by atoms with van der Waals surface area (Å²) in [7, 11) is -3.30. The Balaban J connectivity index is 2.15. The van der Waals surface area contributed by atoms with Gasteiger partial charge in [-0.05, 0) is 26.0 Å². The van der Waals surface area contributed by atoms with Crippen molar-refractivity contribution in [3.8, 4) is 0 Å². The highest BCUT2D eigenvalue weighted by Crippen LogP contribution is 2.22. The number of rotatable bonds is 6. The first-order chi connectivity index (χ1) is 9.87. The minimum Gasteiger partial charge on any atom is -0.378 e. The summed E-state index contributed by atoms with van der Waals surface area (Å²) in [6, 6.07) is 7.54. The lowest BCUT2D eigenvalue weighted by atomic mass is 10.2. The Bertz CT molecular complexity index is 707. The predicted molar refractivity (Wildman–Crippen MR) is 84.8 cm³/mol. The molecule has 21 heavy (non-hydrogen) atoms. The Labute approximate surface area is 125 Å². The molecule has 0 bridgehead atoms. The van der Waals surface area contributed by atoms with Crippen molar-refractivity contribution >= 4 is 21.4 Å². The number of hydrogen-bond acceptors (Lipinski definition) is 4. The Kier molecular flexibility index (Phi) is 4.52. The molecule has 0 aliphatic rings. The number of benzene rings is 1. The highest BCUT2D eigenvalue weighted by atomic mass is 32.2. The summed E-state index contributed by atoms with van der Waals surface area (Å²) >= 11 is 0. The maximum Gasteiger partial charge on any atom is 0.229 e. The number of hydrogen-bond donors (Lipinski definition) is 2. The molecule has 0 aliphatic carbocycles. The van der Waals surface area contributed by atoms with Gasteiger partial charge in [0.1, 0.15) is 0 Å². The second-order valence-corrected chi connectivity index (χ2v) is 6.91. The average Bonchev–Trinajstić information content (AvgIpc) is 2.84. The highest BCUT2D eigenvalue weighted by Gasteiger charge is 2.09. The molecule has 0 unspecified atom stereocenters. The summed E-state index contributed by atoms with van der Waals surface area (Å²) in [6.07, 6.45) is 4.74. The first-order valence-electron chi connectivity index (χ1n) is 6.68. The van der Waals surface area contributed by atoms with E-state index >= 15 is 0 Å². The number of para-hydroxylation sites is 2. The Morgan fingerprint density at radius 1 is 1.24 bits per heavy atom. The van der Waals surface area contributed by atoms with Crippen molar-refractivity contribution in [2.45, 2.75) is 26.4 Å². The zero-order chi connectivity index (χ0) is 15.5. The molecule has 1 aromatic heterocycles. The molecule has 0 radical (unpaired) electrons. The van der Waals surface area contributed by atoms with Crippen LogP contribution in [0.3, 0.4) is 0 Å². The number of sulfonamides is 1. The Morgan fingerprint density at radius 2 is 1.90 bits per heavy atom. The van der Waals surface area contributed by atoms with Gasteiger partial charge in [0.25, 0.3) is 0 Å². The number of nitrogens with one attached hydrogen (secondary N) is 2. The molecule has 2 rings (SSSR count). The van der Waals surface area contributed by atoms with E-state index in [1.165, 1.54) is 0 Å². The summed E-state index contributed by atoms with van der Waals surface area (Å²) in [5.41, 5.74) is 2.31. The number of imidazole rings is 1. The van der Waals surface area contributed by atoms with Gasteiger partial charge in [-0.1, -0.05) is 12.1 Å². The third-order valence-electron chi connectivity index (χ3n) is 2.98. The van der Waals surface area contributed by atoms with Gasteiger partial charge in [0, 0.05) is 12.2 Å². The van der Waals surface area contributed by atoms with E-state index in [1.807, 2.05) is 12.1 Å². The molecular formula is C14H20N4O2S. The van der Waals surface area contributed by atoms with Gasteiger partial charge in [-0.25, -0.2) is 13.4 Å². The second kappa shape index (κ2) is 6.17. The third kappa shape index (κ3) is 4.22. The summed E-state index contributed by atoms with van der Waals surface area (Å²) in [4.78, 5) is 4.15. The SMILES string of the molecule is CC(C)n1cncc1CNc1ccccc1NS(C)(=O)=O. The van der Waals surface area contributed by atoms with Crippen LogP contribution in [0.15, 0.2) is 36.8 Å². The summed E-state index contributed by atoms with van der Waals surface area (Å²) < 4.78 is 27.3. The fraction of sp³-hybridized carbons (Fsp3) is 0.357. The lowest BCUT2D eigenvalue weighted by Gasteiger charge is -2.15. The van der Waals surface area contributed by atoms with Crippen LogP contribution in [0, 0.1) is 0 Å². The molecule has 1 heterocycles. The maximum atomic E-state index is 11.4. The first-order valence-corrected chi connectivity index (χ1v) is 8.57. The lowest BCUT2D eigenvalue weighted by molar-refractivity contribution is 0.577. The highest BCUT2D eigenvalue weighted by molar-refractivity contribution is 7.92. The molecule has 6 nitrogen and oxygen atoms in total. The minimum atomic E-state index is -3.30. The number of aromatic nitrogens is 2. The van der Waals surface area contributed by atoms with Crippen LogP contribution in [0.4, 0.5) is 11.4 Å². The predicted octanol–water partition coefficient (Wildman–Crippen LogP) is 2.45. The second-order valence-electron chi connectivity index (χ2n) is 5.16. The summed E-state index contributed by atoms with van der Waals surface area (Å²) in [6.45, 7) is 4.75. The molecule has 0 amide bonds. The van der Waals surface area contributed by atoms with E-state index < -0.39 is 10.0 Å². The van der Waals surface area contributed by atoms with Gasteiger partial charge in [0.15, 0.2) is 0 Å². The summed E-state index contributed by atoms with van der Waals surface area (Å²) in [5.74, 6) is 0. The van der Waals surface area contributed by atoms with Crippen LogP contribution < -0.4 is 10.0 Å². The van der Waals surface area contributed by atoms with Crippen LogP contribution in [0.2, 0.25) is 0 Å². The zero-order valence-corrected chi connectivity index (χ0v) is 13.2. The van der Waals surface area contributed by atoms with Crippen molar-refractivity contribution in [1.82, 2.24) is 9.55 Å². The lowest BCUT2D eigenvalue weighted by Crippen LogP contribution is -2.13. The van der Waals surface area contributed by atoms with E-state index in [0.29, 0.717) is 18.3 Å². The van der Waals surface area contributed by atoms with Crippen molar-refractivity contribution in [1.29, 1.82) is 0 Å².